The topological polar surface area (TPSA) is 78.9 Å². The first kappa shape index (κ1) is 21.1. The average Bonchev–Trinajstić information content (AvgIpc) is 2.52. The smallest absolute Gasteiger partial charge is 0.344 e. The molecule has 0 radical (unpaired) electrons. The molecule has 0 bridgehead atoms. The third-order valence-electron chi connectivity index (χ3n) is 2.98. The molecule has 0 atom stereocenters. The minimum Gasteiger partial charge on any atom is -0.463 e. The van der Waals surface area contributed by atoms with Crippen molar-refractivity contribution in [3.8, 4) is 0 Å². The Balaban J connectivity index is 3.93. The summed E-state index contributed by atoms with van der Waals surface area (Å²) in [6.07, 6.45) is 6.77. The Labute approximate surface area is 138 Å². The van der Waals surface area contributed by atoms with Gasteiger partial charge in [-0.25, -0.2) is 14.4 Å². The summed E-state index contributed by atoms with van der Waals surface area (Å²) in [6, 6.07) is 0. The van der Waals surface area contributed by atoms with Crippen LogP contribution in [0.2, 0.25) is 0 Å². The Bertz CT molecular complexity index is 400. The summed E-state index contributed by atoms with van der Waals surface area (Å²) in [6.45, 7) is 5.70. The predicted molar refractivity (Wildman–Crippen MR) is 85.7 cm³/mol. The fourth-order valence-electron chi connectivity index (χ4n) is 1.59. The summed E-state index contributed by atoms with van der Waals surface area (Å²) in [7, 11) is 0. The average molecular weight is 328 g/mol. The molecule has 6 heteroatoms. The molecule has 0 amide bonds. The van der Waals surface area contributed by atoms with E-state index >= 15 is 0 Å². The number of rotatable bonds is 12. The van der Waals surface area contributed by atoms with Gasteiger partial charge in [-0.2, -0.15) is 0 Å². The third kappa shape index (κ3) is 12.4. The predicted octanol–water partition coefficient (Wildman–Crippen LogP) is 2.94. The Morgan fingerprint density at radius 3 is 2.13 bits per heavy atom. The molecule has 0 rings (SSSR count). The van der Waals surface area contributed by atoms with E-state index in [0.717, 1.165) is 44.6 Å². The van der Waals surface area contributed by atoms with E-state index in [1.54, 1.807) is 0 Å². The van der Waals surface area contributed by atoms with Crippen molar-refractivity contribution in [3.05, 3.63) is 11.6 Å². The van der Waals surface area contributed by atoms with Gasteiger partial charge >= 0.3 is 17.9 Å². The SMILES string of the molecule is CCCCCCOC(=O)COC(=O)/C(C)=C\C(=O)OCCCC. The number of esters is 3. The van der Waals surface area contributed by atoms with Crippen LogP contribution in [0.5, 0.6) is 0 Å². The van der Waals surface area contributed by atoms with Crippen molar-refractivity contribution in [1.82, 2.24) is 0 Å². The molecule has 0 unspecified atom stereocenters. The molecule has 0 aliphatic heterocycles. The van der Waals surface area contributed by atoms with Gasteiger partial charge in [0.15, 0.2) is 6.61 Å². The lowest BCUT2D eigenvalue weighted by Crippen LogP contribution is -2.18. The fraction of sp³-hybridized carbons (Fsp3) is 0.706. The lowest BCUT2D eigenvalue weighted by Gasteiger charge is -2.06. The summed E-state index contributed by atoms with van der Waals surface area (Å²) in [4.78, 5) is 34.4. The van der Waals surface area contributed by atoms with E-state index in [1.807, 2.05) is 6.92 Å². The van der Waals surface area contributed by atoms with Gasteiger partial charge in [0.25, 0.3) is 0 Å². The Hall–Kier alpha value is -1.85. The summed E-state index contributed by atoms with van der Waals surface area (Å²) in [5.74, 6) is -1.92. The zero-order chi connectivity index (χ0) is 17.5. The van der Waals surface area contributed by atoms with Crippen molar-refractivity contribution in [2.45, 2.75) is 59.3 Å². The second-order valence-corrected chi connectivity index (χ2v) is 5.21. The maximum absolute atomic E-state index is 11.6. The van der Waals surface area contributed by atoms with Gasteiger partial charge in [-0.05, 0) is 19.8 Å². The Kier molecular flexibility index (Phi) is 12.7. The van der Waals surface area contributed by atoms with Crippen LogP contribution in [0.3, 0.4) is 0 Å². The molecular formula is C17H28O6. The fourth-order valence-corrected chi connectivity index (χ4v) is 1.59. The molecule has 0 aliphatic carbocycles. The van der Waals surface area contributed by atoms with Crippen molar-refractivity contribution >= 4 is 17.9 Å². The summed E-state index contributed by atoms with van der Waals surface area (Å²) in [5.41, 5.74) is 0.0854. The van der Waals surface area contributed by atoms with E-state index in [1.165, 1.54) is 6.92 Å². The van der Waals surface area contributed by atoms with Gasteiger partial charge in [-0.3, -0.25) is 0 Å². The highest BCUT2D eigenvalue weighted by Crippen LogP contribution is 2.01. The van der Waals surface area contributed by atoms with E-state index in [0.29, 0.717) is 13.2 Å². The molecule has 0 spiro atoms. The largest absolute Gasteiger partial charge is 0.463 e. The molecule has 6 nitrogen and oxygen atoms in total. The second kappa shape index (κ2) is 13.8. The van der Waals surface area contributed by atoms with Gasteiger partial charge in [0, 0.05) is 11.6 Å². The van der Waals surface area contributed by atoms with Crippen LogP contribution in [-0.4, -0.2) is 37.7 Å². The van der Waals surface area contributed by atoms with E-state index in [4.69, 9.17) is 14.2 Å². The Morgan fingerprint density at radius 1 is 0.826 bits per heavy atom. The monoisotopic (exact) mass is 328 g/mol. The van der Waals surface area contributed by atoms with Crippen LogP contribution in [0.25, 0.3) is 0 Å². The van der Waals surface area contributed by atoms with Crippen molar-refractivity contribution in [1.29, 1.82) is 0 Å². The first-order valence-corrected chi connectivity index (χ1v) is 8.19. The van der Waals surface area contributed by atoms with Crippen molar-refractivity contribution in [2.24, 2.45) is 0 Å². The number of unbranched alkanes of at least 4 members (excludes halogenated alkanes) is 4. The minimum atomic E-state index is -0.736. The van der Waals surface area contributed by atoms with Crippen LogP contribution in [-0.2, 0) is 28.6 Å². The maximum atomic E-state index is 11.6. The molecular weight excluding hydrogens is 300 g/mol. The highest BCUT2D eigenvalue weighted by atomic mass is 16.6. The lowest BCUT2D eigenvalue weighted by molar-refractivity contribution is -0.156. The van der Waals surface area contributed by atoms with Crippen LogP contribution in [0.4, 0.5) is 0 Å². The summed E-state index contributed by atoms with van der Waals surface area (Å²) in [5, 5.41) is 0. The molecule has 0 aromatic carbocycles. The van der Waals surface area contributed by atoms with Gasteiger partial charge in [0.05, 0.1) is 13.2 Å². The summed E-state index contributed by atoms with van der Waals surface area (Å²) >= 11 is 0. The highest BCUT2D eigenvalue weighted by molar-refractivity contribution is 5.96. The van der Waals surface area contributed by atoms with E-state index in [9.17, 15) is 14.4 Å². The molecule has 0 aromatic rings. The number of hydrogen-bond donors (Lipinski definition) is 0. The van der Waals surface area contributed by atoms with Crippen LogP contribution >= 0.6 is 0 Å². The van der Waals surface area contributed by atoms with Crippen molar-refractivity contribution in [3.63, 3.8) is 0 Å². The zero-order valence-electron chi connectivity index (χ0n) is 14.4. The maximum Gasteiger partial charge on any atom is 0.344 e. The zero-order valence-corrected chi connectivity index (χ0v) is 14.4. The van der Waals surface area contributed by atoms with Gasteiger partial charge in [-0.1, -0.05) is 39.5 Å². The minimum absolute atomic E-state index is 0.0854. The van der Waals surface area contributed by atoms with Gasteiger partial charge in [0.1, 0.15) is 0 Å². The quantitative estimate of drug-likeness (QED) is 0.237. The molecule has 0 saturated carbocycles. The van der Waals surface area contributed by atoms with E-state index < -0.39 is 24.5 Å². The van der Waals surface area contributed by atoms with Gasteiger partial charge < -0.3 is 14.2 Å². The van der Waals surface area contributed by atoms with E-state index in [-0.39, 0.29) is 5.57 Å². The second-order valence-electron chi connectivity index (χ2n) is 5.21. The molecule has 0 aromatic heterocycles. The lowest BCUT2D eigenvalue weighted by atomic mass is 10.2. The molecule has 0 N–H and O–H groups in total. The van der Waals surface area contributed by atoms with Crippen LogP contribution in [0.15, 0.2) is 11.6 Å². The molecule has 0 heterocycles. The van der Waals surface area contributed by atoms with Crippen LogP contribution in [0, 0.1) is 0 Å². The number of ether oxygens (including phenoxy) is 3. The summed E-state index contributed by atoms with van der Waals surface area (Å²) < 4.78 is 14.6. The van der Waals surface area contributed by atoms with Gasteiger partial charge in [0.2, 0.25) is 0 Å². The van der Waals surface area contributed by atoms with Crippen molar-refractivity contribution < 1.29 is 28.6 Å². The molecule has 0 saturated heterocycles. The van der Waals surface area contributed by atoms with Gasteiger partial charge in [-0.15, -0.1) is 0 Å². The first-order valence-electron chi connectivity index (χ1n) is 8.19. The first-order chi connectivity index (χ1) is 11.0. The number of carbonyl (C=O) groups excluding carboxylic acids is 3. The van der Waals surface area contributed by atoms with Crippen molar-refractivity contribution in [2.75, 3.05) is 19.8 Å². The molecule has 0 fully saturated rings. The van der Waals surface area contributed by atoms with Crippen LogP contribution in [0.1, 0.15) is 59.3 Å². The normalized spacial score (nSPS) is 11.0. The molecule has 132 valence electrons. The number of carbonyl (C=O) groups is 3. The van der Waals surface area contributed by atoms with E-state index in [2.05, 4.69) is 6.92 Å². The molecule has 0 aliphatic rings. The third-order valence-corrected chi connectivity index (χ3v) is 2.98. The molecule has 23 heavy (non-hydrogen) atoms. The highest BCUT2D eigenvalue weighted by Gasteiger charge is 2.12. The number of hydrogen-bond acceptors (Lipinski definition) is 6. The Morgan fingerprint density at radius 2 is 1.48 bits per heavy atom. The standard InChI is InChI=1S/C17H28O6/c1-4-6-8-9-11-22-16(19)13-23-17(20)14(3)12-15(18)21-10-7-5-2/h12H,4-11,13H2,1-3H3/b14-12-. The van der Waals surface area contributed by atoms with Crippen LogP contribution < -0.4 is 0 Å².